The van der Waals surface area contributed by atoms with Crippen LogP contribution < -0.4 is 9.47 Å². The van der Waals surface area contributed by atoms with Crippen LogP contribution in [0.15, 0.2) is 36.5 Å². The van der Waals surface area contributed by atoms with Crippen molar-refractivity contribution in [2.75, 3.05) is 26.6 Å². The second-order valence-corrected chi connectivity index (χ2v) is 6.68. The number of nitrogens with zero attached hydrogens (tertiary/aromatic N) is 2. The summed E-state index contributed by atoms with van der Waals surface area (Å²) in [4.78, 5) is 14.8. The number of rotatable bonds is 6. The molecule has 1 atom stereocenters. The number of hydrogen-bond acceptors (Lipinski definition) is 4. The van der Waals surface area contributed by atoms with Crippen molar-refractivity contribution in [3.8, 4) is 11.5 Å². The SMILES string of the molecule is CCOCCC1CN(C(=O)Cc2ccc3c(c2)OCO3)Cc2cccn21. The van der Waals surface area contributed by atoms with E-state index in [1.54, 1.807) is 0 Å². The van der Waals surface area contributed by atoms with Gasteiger partial charge >= 0.3 is 0 Å². The van der Waals surface area contributed by atoms with Crippen LogP contribution in [-0.4, -0.2) is 41.9 Å². The number of aromatic nitrogens is 1. The second-order valence-electron chi connectivity index (χ2n) is 6.68. The largest absolute Gasteiger partial charge is 0.454 e. The van der Waals surface area contributed by atoms with Crippen molar-refractivity contribution in [2.24, 2.45) is 0 Å². The van der Waals surface area contributed by atoms with Crippen molar-refractivity contribution in [2.45, 2.75) is 32.4 Å². The van der Waals surface area contributed by atoms with E-state index < -0.39 is 0 Å². The Hall–Kier alpha value is -2.47. The minimum atomic E-state index is 0.137. The summed E-state index contributed by atoms with van der Waals surface area (Å²) >= 11 is 0. The van der Waals surface area contributed by atoms with Crippen LogP contribution in [0.3, 0.4) is 0 Å². The molecule has 0 bridgehead atoms. The van der Waals surface area contributed by atoms with Gasteiger partial charge in [-0.2, -0.15) is 0 Å². The van der Waals surface area contributed by atoms with Crippen LogP contribution >= 0.6 is 0 Å². The number of carbonyl (C=O) groups excluding carboxylic acids is 1. The Morgan fingerprint density at radius 1 is 1.27 bits per heavy atom. The number of amides is 1. The van der Waals surface area contributed by atoms with Gasteiger partial charge in [-0.3, -0.25) is 4.79 Å². The van der Waals surface area contributed by atoms with Gasteiger partial charge < -0.3 is 23.7 Å². The molecule has 6 nitrogen and oxygen atoms in total. The molecule has 4 rings (SSSR count). The molecule has 1 aromatic carbocycles. The molecular weight excluding hydrogens is 332 g/mol. The Morgan fingerprint density at radius 2 is 2.15 bits per heavy atom. The van der Waals surface area contributed by atoms with Crippen LogP contribution in [0.5, 0.6) is 11.5 Å². The molecule has 2 aromatic rings. The van der Waals surface area contributed by atoms with Crippen LogP contribution in [0.4, 0.5) is 0 Å². The van der Waals surface area contributed by atoms with Crippen molar-refractivity contribution in [1.82, 2.24) is 9.47 Å². The molecule has 2 aliphatic rings. The van der Waals surface area contributed by atoms with Gasteiger partial charge in [0.05, 0.1) is 19.0 Å². The topological polar surface area (TPSA) is 52.9 Å². The van der Waals surface area contributed by atoms with E-state index in [1.165, 1.54) is 5.69 Å². The van der Waals surface area contributed by atoms with E-state index in [1.807, 2.05) is 30.0 Å². The van der Waals surface area contributed by atoms with Crippen LogP contribution in [0.1, 0.15) is 30.6 Å². The molecule has 0 saturated heterocycles. The lowest BCUT2D eigenvalue weighted by Crippen LogP contribution is -2.41. The number of carbonyl (C=O) groups is 1. The standard InChI is InChI=1S/C20H24N2O4/c1-2-24-9-7-17-13-21(12-16-4-3-8-22(16)17)20(23)11-15-5-6-18-19(10-15)26-14-25-18/h3-6,8,10,17H,2,7,9,11-14H2,1H3. The van der Waals surface area contributed by atoms with Gasteiger partial charge in [-0.05, 0) is 43.2 Å². The summed E-state index contributed by atoms with van der Waals surface area (Å²) < 4.78 is 18.5. The third-order valence-electron chi connectivity index (χ3n) is 4.99. The maximum absolute atomic E-state index is 12.9. The molecule has 0 saturated carbocycles. The van der Waals surface area contributed by atoms with E-state index in [-0.39, 0.29) is 18.7 Å². The van der Waals surface area contributed by atoms with Crippen LogP contribution in [0, 0.1) is 0 Å². The highest BCUT2D eigenvalue weighted by molar-refractivity contribution is 5.79. The molecule has 0 spiro atoms. The molecule has 1 amide bonds. The highest BCUT2D eigenvalue weighted by atomic mass is 16.7. The van der Waals surface area contributed by atoms with Crippen molar-refractivity contribution < 1.29 is 19.0 Å². The van der Waals surface area contributed by atoms with Crippen molar-refractivity contribution >= 4 is 5.91 Å². The van der Waals surface area contributed by atoms with Gasteiger partial charge in [-0.1, -0.05) is 6.07 Å². The first kappa shape index (κ1) is 17.0. The molecular formula is C20H24N2O4. The normalized spacial score (nSPS) is 18.0. The summed E-state index contributed by atoms with van der Waals surface area (Å²) in [6.07, 6.45) is 3.38. The van der Waals surface area contributed by atoms with Crippen LogP contribution in [0.2, 0.25) is 0 Å². The maximum Gasteiger partial charge on any atom is 0.231 e. The first-order chi connectivity index (χ1) is 12.7. The average molecular weight is 356 g/mol. The Labute approximate surface area is 153 Å². The van der Waals surface area contributed by atoms with Crippen molar-refractivity contribution in [1.29, 1.82) is 0 Å². The first-order valence-corrected chi connectivity index (χ1v) is 9.14. The summed E-state index contributed by atoms with van der Waals surface area (Å²) in [5.74, 6) is 1.60. The summed E-state index contributed by atoms with van der Waals surface area (Å²) in [6.45, 7) is 5.06. The minimum Gasteiger partial charge on any atom is -0.454 e. The lowest BCUT2D eigenvalue weighted by atomic mass is 10.1. The summed E-state index contributed by atoms with van der Waals surface area (Å²) in [6, 6.07) is 10.1. The van der Waals surface area contributed by atoms with Crippen molar-refractivity contribution in [3.63, 3.8) is 0 Å². The Kier molecular flexibility index (Phi) is 4.84. The second kappa shape index (κ2) is 7.41. The van der Waals surface area contributed by atoms with E-state index in [9.17, 15) is 4.79 Å². The molecule has 0 aliphatic carbocycles. The summed E-state index contributed by atoms with van der Waals surface area (Å²) in [7, 11) is 0. The van der Waals surface area contributed by atoms with E-state index in [0.717, 1.165) is 36.6 Å². The zero-order valence-corrected chi connectivity index (χ0v) is 15.0. The predicted octanol–water partition coefficient (Wildman–Crippen LogP) is 2.77. The minimum absolute atomic E-state index is 0.137. The molecule has 6 heteroatoms. The first-order valence-electron chi connectivity index (χ1n) is 9.14. The van der Waals surface area contributed by atoms with Gasteiger partial charge in [0.15, 0.2) is 11.5 Å². The van der Waals surface area contributed by atoms with E-state index in [2.05, 4.69) is 22.9 Å². The highest BCUT2D eigenvalue weighted by Gasteiger charge is 2.27. The van der Waals surface area contributed by atoms with Crippen molar-refractivity contribution in [3.05, 3.63) is 47.8 Å². The number of benzene rings is 1. The highest BCUT2D eigenvalue weighted by Crippen LogP contribution is 2.33. The lowest BCUT2D eigenvalue weighted by molar-refractivity contribution is -0.132. The summed E-state index contributed by atoms with van der Waals surface area (Å²) in [5, 5.41) is 0. The lowest BCUT2D eigenvalue weighted by Gasteiger charge is -2.35. The third kappa shape index (κ3) is 3.42. The van der Waals surface area contributed by atoms with E-state index in [4.69, 9.17) is 14.2 Å². The van der Waals surface area contributed by atoms with Gasteiger partial charge in [0.1, 0.15) is 0 Å². The zero-order valence-electron chi connectivity index (χ0n) is 15.0. The number of hydrogen-bond donors (Lipinski definition) is 0. The molecule has 26 heavy (non-hydrogen) atoms. The predicted molar refractivity (Wildman–Crippen MR) is 96.3 cm³/mol. The number of fused-ring (bicyclic) bond motifs is 2. The smallest absolute Gasteiger partial charge is 0.231 e. The van der Waals surface area contributed by atoms with Gasteiger partial charge in [-0.15, -0.1) is 0 Å². The van der Waals surface area contributed by atoms with Gasteiger partial charge in [-0.25, -0.2) is 0 Å². The van der Waals surface area contributed by atoms with Crippen LogP contribution in [-0.2, 0) is 22.5 Å². The van der Waals surface area contributed by atoms with Gasteiger partial charge in [0.25, 0.3) is 0 Å². The van der Waals surface area contributed by atoms with Gasteiger partial charge in [0, 0.05) is 31.6 Å². The monoisotopic (exact) mass is 356 g/mol. The van der Waals surface area contributed by atoms with Crippen LogP contribution in [0.25, 0.3) is 0 Å². The van der Waals surface area contributed by atoms with E-state index in [0.29, 0.717) is 19.6 Å². The molecule has 3 heterocycles. The Bertz CT molecular complexity index is 786. The molecule has 2 aliphatic heterocycles. The molecule has 0 N–H and O–H groups in total. The Morgan fingerprint density at radius 3 is 3.04 bits per heavy atom. The van der Waals surface area contributed by atoms with Gasteiger partial charge in [0.2, 0.25) is 12.7 Å². The Balaban J connectivity index is 1.44. The quantitative estimate of drug-likeness (QED) is 0.747. The summed E-state index contributed by atoms with van der Waals surface area (Å²) in [5.41, 5.74) is 2.13. The molecule has 1 aromatic heterocycles. The molecule has 0 radical (unpaired) electrons. The zero-order chi connectivity index (χ0) is 17.9. The molecule has 138 valence electrons. The average Bonchev–Trinajstić information content (AvgIpc) is 3.30. The number of ether oxygens (including phenoxy) is 3. The molecule has 0 fully saturated rings. The fraction of sp³-hybridized carbons (Fsp3) is 0.450. The van der Waals surface area contributed by atoms with E-state index >= 15 is 0 Å². The third-order valence-corrected chi connectivity index (χ3v) is 4.99. The fourth-order valence-corrected chi connectivity index (χ4v) is 3.64. The fourth-order valence-electron chi connectivity index (χ4n) is 3.64. The maximum atomic E-state index is 12.9. The molecule has 1 unspecified atom stereocenters.